The van der Waals surface area contributed by atoms with E-state index in [1.807, 2.05) is 0 Å². The highest BCUT2D eigenvalue weighted by Gasteiger charge is 2.26. The van der Waals surface area contributed by atoms with Crippen LogP contribution in [0.15, 0.2) is 6.20 Å². The molecule has 0 saturated carbocycles. The molecular formula is C12H19ClN4S. The van der Waals surface area contributed by atoms with E-state index in [1.54, 1.807) is 17.5 Å². The first kappa shape index (κ1) is 12.8. The molecule has 0 aromatic carbocycles. The number of thiazole rings is 1. The average Bonchev–Trinajstić information content (AvgIpc) is 3.02. The lowest BCUT2D eigenvalue weighted by molar-refractivity contribution is 0.0981. The van der Waals surface area contributed by atoms with Gasteiger partial charge in [-0.2, -0.15) is 0 Å². The van der Waals surface area contributed by atoms with E-state index in [4.69, 9.17) is 11.6 Å². The Hall–Kier alpha value is -0.200. The van der Waals surface area contributed by atoms with Gasteiger partial charge in [0.05, 0.1) is 12.7 Å². The maximum Gasteiger partial charge on any atom is 0.113 e. The van der Waals surface area contributed by atoms with E-state index < -0.39 is 0 Å². The van der Waals surface area contributed by atoms with Crippen LogP contribution in [0.3, 0.4) is 0 Å². The van der Waals surface area contributed by atoms with Gasteiger partial charge in [-0.1, -0.05) is 11.6 Å². The molecule has 1 aromatic heterocycles. The highest BCUT2D eigenvalue weighted by atomic mass is 35.5. The summed E-state index contributed by atoms with van der Waals surface area (Å²) in [5, 5.41) is 4.58. The van der Waals surface area contributed by atoms with E-state index in [0.717, 1.165) is 35.0 Å². The molecule has 0 aliphatic carbocycles. The van der Waals surface area contributed by atoms with Gasteiger partial charge in [0.25, 0.3) is 0 Å². The molecule has 2 saturated heterocycles. The second kappa shape index (κ2) is 5.84. The predicted octanol–water partition coefficient (Wildman–Crippen LogP) is 1.28. The third-order valence-corrected chi connectivity index (χ3v) is 4.94. The molecule has 3 rings (SSSR count). The summed E-state index contributed by atoms with van der Waals surface area (Å²) in [7, 11) is 0. The summed E-state index contributed by atoms with van der Waals surface area (Å²) >= 11 is 7.51. The van der Waals surface area contributed by atoms with E-state index in [1.165, 1.54) is 32.6 Å². The molecule has 1 aromatic rings. The quantitative estimate of drug-likeness (QED) is 0.907. The summed E-state index contributed by atoms with van der Waals surface area (Å²) in [5.41, 5.74) is 0. The van der Waals surface area contributed by atoms with E-state index in [-0.39, 0.29) is 0 Å². The van der Waals surface area contributed by atoms with Crippen molar-refractivity contribution in [2.24, 2.45) is 0 Å². The first-order chi connectivity index (χ1) is 8.81. The molecule has 2 aliphatic heterocycles. The minimum Gasteiger partial charge on any atom is -0.315 e. The topological polar surface area (TPSA) is 31.4 Å². The SMILES string of the molecule is Clc1cnc(CN2CCN(C3CCNC3)CC2)s1. The van der Waals surface area contributed by atoms with Gasteiger partial charge in [0.2, 0.25) is 0 Å². The van der Waals surface area contributed by atoms with Crippen LogP contribution in [0.4, 0.5) is 0 Å². The molecule has 4 nitrogen and oxygen atoms in total. The van der Waals surface area contributed by atoms with Gasteiger partial charge < -0.3 is 5.32 Å². The maximum absolute atomic E-state index is 5.91. The van der Waals surface area contributed by atoms with Crippen molar-refractivity contribution in [2.45, 2.75) is 19.0 Å². The Labute approximate surface area is 117 Å². The van der Waals surface area contributed by atoms with Crippen molar-refractivity contribution in [3.63, 3.8) is 0 Å². The molecule has 0 bridgehead atoms. The Balaban J connectivity index is 1.47. The summed E-state index contributed by atoms with van der Waals surface area (Å²) in [6.07, 6.45) is 3.06. The largest absolute Gasteiger partial charge is 0.315 e. The van der Waals surface area contributed by atoms with Gasteiger partial charge in [-0.15, -0.1) is 11.3 Å². The number of halogens is 1. The van der Waals surface area contributed by atoms with E-state index in [0.29, 0.717) is 0 Å². The molecule has 1 atom stereocenters. The predicted molar refractivity (Wildman–Crippen MR) is 75.2 cm³/mol. The first-order valence-electron chi connectivity index (χ1n) is 6.58. The second-order valence-corrected chi connectivity index (χ2v) is 6.76. The van der Waals surface area contributed by atoms with Crippen molar-refractivity contribution in [1.29, 1.82) is 0 Å². The smallest absolute Gasteiger partial charge is 0.113 e. The second-order valence-electron chi connectivity index (χ2n) is 5.02. The van der Waals surface area contributed by atoms with Crippen molar-refractivity contribution in [1.82, 2.24) is 20.1 Å². The third kappa shape index (κ3) is 3.03. The zero-order chi connectivity index (χ0) is 12.4. The molecule has 0 spiro atoms. The number of hydrogen-bond acceptors (Lipinski definition) is 5. The summed E-state index contributed by atoms with van der Waals surface area (Å²) in [6, 6.07) is 0.765. The number of hydrogen-bond donors (Lipinski definition) is 1. The number of piperazine rings is 1. The fraction of sp³-hybridized carbons (Fsp3) is 0.750. The third-order valence-electron chi connectivity index (χ3n) is 3.84. The van der Waals surface area contributed by atoms with Gasteiger partial charge in [-0.3, -0.25) is 9.80 Å². The summed E-state index contributed by atoms with van der Waals surface area (Å²) < 4.78 is 0.792. The molecule has 18 heavy (non-hydrogen) atoms. The lowest BCUT2D eigenvalue weighted by Gasteiger charge is -2.37. The Bertz CT molecular complexity index is 383. The molecule has 100 valence electrons. The minimum absolute atomic E-state index is 0.765. The van der Waals surface area contributed by atoms with Crippen LogP contribution in [-0.4, -0.2) is 60.1 Å². The summed E-state index contributed by atoms with van der Waals surface area (Å²) in [6.45, 7) is 7.97. The maximum atomic E-state index is 5.91. The van der Waals surface area contributed by atoms with Crippen LogP contribution in [0.1, 0.15) is 11.4 Å². The van der Waals surface area contributed by atoms with Gasteiger partial charge in [0.1, 0.15) is 9.34 Å². The molecule has 0 radical (unpaired) electrons. The highest BCUT2D eigenvalue weighted by molar-refractivity contribution is 7.15. The van der Waals surface area contributed by atoms with Crippen molar-refractivity contribution >= 4 is 22.9 Å². The van der Waals surface area contributed by atoms with Crippen molar-refractivity contribution in [2.75, 3.05) is 39.3 Å². The van der Waals surface area contributed by atoms with Gasteiger partial charge in [-0.25, -0.2) is 4.98 Å². The van der Waals surface area contributed by atoms with E-state index >= 15 is 0 Å². The number of aromatic nitrogens is 1. The lowest BCUT2D eigenvalue weighted by Crippen LogP contribution is -2.50. The Morgan fingerprint density at radius 3 is 2.83 bits per heavy atom. The normalized spacial score (nSPS) is 26.8. The molecule has 2 fully saturated rings. The standard InChI is InChI=1S/C12H19ClN4S/c13-11-8-15-12(18-11)9-16-3-5-17(6-4-16)10-1-2-14-7-10/h8,10,14H,1-7,9H2. The lowest BCUT2D eigenvalue weighted by atomic mass is 10.2. The average molecular weight is 287 g/mol. The van der Waals surface area contributed by atoms with Crippen LogP contribution in [0, 0.1) is 0 Å². The Morgan fingerprint density at radius 1 is 1.39 bits per heavy atom. The van der Waals surface area contributed by atoms with E-state index in [9.17, 15) is 0 Å². The Morgan fingerprint density at radius 2 is 2.22 bits per heavy atom. The van der Waals surface area contributed by atoms with Crippen LogP contribution >= 0.6 is 22.9 Å². The molecule has 6 heteroatoms. The van der Waals surface area contributed by atoms with Gasteiger partial charge in [0, 0.05) is 38.8 Å². The summed E-state index contributed by atoms with van der Waals surface area (Å²) in [5.74, 6) is 0. The molecule has 3 heterocycles. The molecule has 2 aliphatic rings. The highest BCUT2D eigenvalue weighted by Crippen LogP contribution is 2.20. The first-order valence-corrected chi connectivity index (χ1v) is 7.78. The zero-order valence-electron chi connectivity index (χ0n) is 10.4. The fourth-order valence-corrected chi connectivity index (χ4v) is 3.79. The van der Waals surface area contributed by atoms with Crippen molar-refractivity contribution < 1.29 is 0 Å². The molecule has 0 amide bonds. The minimum atomic E-state index is 0.765. The van der Waals surface area contributed by atoms with E-state index in [2.05, 4.69) is 20.1 Å². The molecule has 1 unspecified atom stereocenters. The van der Waals surface area contributed by atoms with Gasteiger partial charge in [0.15, 0.2) is 0 Å². The van der Waals surface area contributed by atoms with Crippen LogP contribution < -0.4 is 5.32 Å². The number of rotatable bonds is 3. The van der Waals surface area contributed by atoms with Crippen molar-refractivity contribution in [3.8, 4) is 0 Å². The van der Waals surface area contributed by atoms with Crippen LogP contribution in [-0.2, 0) is 6.54 Å². The van der Waals surface area contributed by atoms with Gasteiger partial charge in [-0.05, 0) is 13.0 Å². The fourth-order valence-electron chi connectivity index (χ4n) is 2.79. The monoisotopic (exact) mass is 286 g/mol. The zero-order valence-corrected chi connectivity index (χ0v) is 12.0. The van der Waals surface area contributed by atoms with Crippen LogP contribution in [0.25, 0.3) is 0 Å². The van der Waals surface area contributed by atoms with Crippen LogP contribution in [0.2, 0.25) is 4.34 Å². The summed E-state index contributed by atoms with van der Waals surface area (Å²) in [4.78, 5) is 9.44. The molecular weight excluding hydrogens is 268 g/mol. The number of nitrogens with one attached hydrogen (secondary N) is 1. The van der Waals surface area contributed by atoms with Gasteiger partial charge >= 0.3 is 0 Å². The molecule has 1 N–H and O–H groups in total. The Kier molecular flexibility index (Phi) is 4.16. The van der Waals surface area contributed by atoms with Crippen LogP contribution in [0.5, 0.6) is 0 Å². The van der Waals surface area contributed by atoms with Crippen molar-refractivity contribution in [3.05, 3.63) is 15.5 Å². The number of nitrogens with zero attached hydrogens (tertiary/aromatic N) is 3.